The molecule has 182 valence electrons. The SMILES string of the molecule is CC(C)Oc1ccc(/C=C(/C(=O)N2CCc3c(noc3-c3ccc(F)cc3)C2)c2ccccc2)cc1. The normalized spacial score (nSPS) is 13.6. The summed E-state index contributed by atoms with van der Waals surface area (Å²) in [5, 5.41) is 4.24. The number of amides is 1. The van der Waals surface area contributed by atoms with Gasteiger partial charge in [0, 0.05) is 23.2 Å². The van der Waals surface area contributed by atoms with E-state index in [0.29, 0.717) is 30.8 Å². The minimum atomic E-state index is -0.300. The van der Waals surface area contributed by atoms with E-state index in [0.717, 1.165) is 33.7 Å². The fourth-order valence-electron chi connectivity index (χ4n) is 4.37. The number of benzene rings is 3. The Morgan fingerprint density at radius 1 is 1.03 bits per heavy atom. The van der Waals surface area contributed by atoms with E-state index in [9.17, 15) is 9.18 Å². The molecular formula is C30H27FN2O3. The zero-order valence-corrected chi connectivity index (χ0v) is 20.3. The lowest BCUT2D eigenvalue weighted by molar-refractivity contribution is -0.125. The van der Waals surface area contributed by atoms with Crippen LogP contribution in [0.5, 0.6) is 5.75 Å². The maximum atomic E-state index is 13.8. The van der Waals surface area contributed by atoms with Crippen LogP contribution in [0.1, 0.15) is 36.2 Å². The molecule has 5 rings (SSSR count). The molecule has 6 heteroatoms. The van der Waals surface area contributed by atoms with Crippen molar-refractivity contribution >= 4 is 17.6 Å². The number of fused-ring (bicyclic) bond motifs is 1. The molecule has 1 amide bonds. The van der Waals surface area contributed by atoms with Crippen LogP contribution in [0, 0.1) is 5.82 Å². The number of nitrogens with zero attached hydrogens (tertiary/aromatic N) is 2. The van der Waals surface area contributed by atoms with Crippen molar-refractivity contribution in [3.05, 3.63) is 107 Å². The fraction of sp³-hybridized carbons (Fsp3) is 0.200. The van der Waals surface area contributed by atoms with Crippen LogP contribution in [0.3, 0.4) is 0 Å². The third-order valence-corrected chi connectivity index (χ3v) is 6.11. The van der Waals surface area contributed by atoms with Crippen molar-refractivity contribution in [1.29, 1.82) is 0 Å². The number of halogens is 1. The number of aromatic nitrogens is 1. The highest BCUT2D eigenvalue weighted by molar-refractivity contribution is 6.24. The van der Waals surface area contributed by atoms with Crippen molar-refractivity contribution in [3.63, 3.8) is 0 Å². The van der Waals surface area contributed by atoms with Gasteiger partial charge in [-0.05, 0) is 73.9 Å². The van der Waals surface area contributed by atoms with Crippen LogP contribution >= 0.6 is 0 Å². The molecule has 5 nitrogen and oxygen atoms in total. The van der Waals surface area contributed by atoms with Crippen molar-refractivity contribution in [2.75, 3.05) is 6.54 Å². The maximum absolute atomic E-state index is 13.8. The molecule has 0 N–H and O–H groups in total. The standard InChI is InChI=1S/C30H27FN2O3/c1-20(2)35-25-14-8-21(9-15-25)18-27(22-6-4-3-5-7-22)30(34)33-17-16-26-28(19-33)32-36-29(26)23-10-12-24(31)13-11-23/h3-15,18,20H,16-17,19H2,1-2H3/b27-18+. The van der Waals surface area contributed by atoms with E-state index < -0.39 is 0 Å². The average molecular weight is 483 g/mol. The molecule has 2 heterocycles. The van der Waals surface area contributed by atoms with E-state index in [1.165, 1.54) is 12.1 Å². The van der Waals surface area contributed by atoms with Crippen LogP contribution in [-0.2, 0) is 17.8 Å². The zero-order valence-electron chi connectivity index (χ0n) is 20.3. The van der Waals surface area contributed by atoms with Crippen molar-refractivity contribution in [2.45, 2.75) is 32.9 Å². The fourth-order valence-corrected chi connectivity index (χ4v) is 4.37. The molecule has 0 unspecified atom stereocenters. The van der Waals surface area contributed by atoms with Crippen molar-refractivity contribution in [3.8, 4) is 17.1 Å². The Balaban J connectivity index is 1.41. The summed E-state index contributed by atoms with van der Waals surface area (Å²) in [4.78, 5) is 15.6. The topological polar surface area (TPSA) is 55.6 Å². The molecule has 0 spiro atoms. The summed E-state index contributed by atoms with van der Waals surface area (Å²) in [6.45, 7) is 4.86. The summed E-state index contributed by atoms with van der Waals surface area (Å²) >= 11 is 0. The highest BCUT2D eigenvalue weighted by atomic mass is 19.1. The molecule has 0 saturated heterocycles. The minimum absolute atomic E-state index is 0.0688. The Kier molecular flexibility index (Phi) is 6.67. The largest absolute Gasteiger partial charge is 0.491 e. The third-order valence-electron chi connectivity index (χ3n) is 6.11. The predicted octanol–water partition coefficient (Wildman–Crippen LogP) is 6.39. The molecule has 36 heavy (non-hydrogen) atoms. The third kappa shape index (κ3) is 5.08. The summed E-state index contributed by atoms with van der Waals surface area (Å²) in [5.74, 6) is 1.06. The zero-order chi connectivity index (χ0) is 25.1. The van der Waals surface area contributed by atoms with Crippen LogP contribution in [0.15, 0.2) is 83.4 Å². The second-order valence-corrected chi connectivity index (χ2v) is 9.08. The van der Waals surface area contributed by atoms with Crippen molar-refractivity contribution in [1.82, 2.24) is 10.1 Å². The Morgan fingerprint density at radius 2 is 1.75 bits per heavy atom. The van der Waals surface area contributed by atoms with E-state index in [4.69, 9.17) is 9.26 Å². The number of rotatable bonds is 6. The first kappa shape index (κ1) is 23.5. The quantitative estimate of drug-likeness (QED) is 0.236. The second-order valence-electron chi connectivity index (χ2n) is 9.08. The summed E-state index contributed by atoms with van der Waals surface area (Å²) in [7, 11) is 0. The van der Waals surface area contributed by atoms with Gasteiger partial charge in [0.25, 0.3) is 5.91 Å². The monoisotopic (exact) mass is 482 g/mol. The number of carbonyl (C=O) groups is 1. The average Bonchev–Trinajstić information content (AvgIpc) is 3.32. The van der Waals surface area contributed by atoms with Crippen molar-refractivity contribution in [2.24, 2.45) is 0 Å². The molecule has 0 saturated carbocycles. The van der Waals surface area contributed by atoms with Gasteiger partial charge in [-0.3, -0.25) is 4.79 Å². The molecule has 0 radical (unpaired) electrons. The summed E-state index contributed by atoms with van der Waals surface area (Å²) < 4.78 is 24.7. The van der Waals surface area contributed by atoms with Crippen LogP contribution in [0.2, 0.25) is 0 Å². The maximum Gasteiger partial charge on any atom is 0.254 e. The molecule has 1 aromatic heterocycles. The van der Waals surface area contributed by atoms with Crippen molar-refractivity contribution < 1.29 is 18.4 Å². The first-order chi connectivity index (χ1) is 17.5. The Bertz CT molecular complexity index is 1370. The minimum Gasteiger partial charge on any atom is -0.491 e. The molecule has 1 aliphatic heterocycles. The van der Waals surface area contributed by atoms with Gasteiger partial charge in [-0.1, -0.05) is 47.6 Å². The number of hydrogen-bond donors (Lipinski definition) is 0. The van der Waals surface area contributed by atoms with E-state index in [1.807, 2.05) is 74.5 Å². The molecule has 1 aliphatic rings. The summed E-state index contributed by atoms with van der Waals surface area (Å²) in [5.41, 5.74) is 4.85. The van der Waals surface area contributed by atoms with Crippen LogP contribution in [-0.4, -0.2) is 28.6 Å². The van der Waals surface area contributed by atoms with Gasteiger partial charge < -0.3 is 14.2 Å². The highest BCUT2D eigenvalue weighted by Gasteiger charge is 2.29. The predicted molar refractivity (Wildman–Crippen MR) is 138 cm³/mol. The molecular weight excluding hydrogens is 455 g/mol. The van der Waals surface area contributed by atoms with Gasteiger partial charge in [-0.2, -0.15) is 0 Å². The Hall–Kier alpha value is -4.19. The van der Waals surface area contributed by atoms with E-state index in [-0.39, 0.29) is 17.8 Å². The number of ether oxygens (including phenoxy) is 1. The first-order valence-corrected chi connectivity index (χ1v) is 12.0. The van der Waals surface area contributed by atoms with E-state index in [1.54, 1.807) is 17.0 Å². The highest BCUT2D eigenvalue weighted by Crippen LogP contribution is 2.32. The number of hydrogen-bond acceptors (Lipinski definition) is 4. The summed E-state index contributed by atoms with van der Waals surface area (Å²) in [6, 6.07) is 23.6. The molecule has 3 aromatic carbocycles. The lowest BCUT2D eigenvalue weighted by Crippen LogP contribution is -2.36. The molecule has 0 aliphatic carbocycles. The molecule has 0 bridgehead atoms. The smallest absolute Gasteiger partial charge is 0.254 e. The second kappa shape index (κ2) is 10.2. The Morgan fingerprint density at radius 3 is 2.44 bits per heavy atom. The van der Waals surface area contributed by atoms with Gasteiger partial charge in [0.15, 0.2) is 5.76 Å². The Labute approximate surface area is 209 Å². The van der Waals surface area contributed by atoms with Crippen LogP contribution in [0.25, 0.3) is 23.0 Å². The van der Waals surface area contributed by atoms with Gasteiger partial charge in [0.1, 0.15) is 17.3 Å². The van der Waals surface area contributed by atoms with Gasteiger partial charge in [-0.25, -0.2) is 4.39 Å². The van der Waals surface area contributed by atoms with Crippen LogP contribution in [0.4, 0.5) is 4.39 Å². The lowest BCUT2D eigenvalue weighted by Gasteiger charge is -2.27. The van der Waals surface area contributed by atoms with E-state index in [2.05, 4.69) is 5.16 Å². The first-order valence-electron chi connectivity index (χ1n) is 12.0. The van der Waals surface area contributed by atoms with Gasteiger partial charge in [0.05, 0.1) is 12.6 Å². The lowest BCUT2D eigenvalue weighted by atomic mass is 9.97. The van der Waals surface area contributed by atoms with Crippen LogP contribution < -0.4 is 4.74 Å². The summed E-state index contributed by atoms with van der Waals surface area (Å²) in [6.07, 6.45) is 2.62. The van der Waals surface area contributed by atoms with Gasteiger partial charge in [0.2, 0.25) is 0 Å². The van der Waals surface area contributed by atoms with Gasteiger partial charge >= 0.3 is 0 Å². The van der Waals surface area contributed by atoms with E-state index >= 15 is 0 Å². The molecule has 4 aromatic rings. The van der Waals surface area contributed by atoms with Gasteiger partial charge in [-0.15, -0.1) is 0 Å². The number of carbonyl (C=O) groups excluding carboxylic acids is 1. The molecule has 0 fully saturated rings. The molecule has 0 atom stereocenters.